The van der Waals surface area contributed by atoms with Gasteiger partial charge in [0.1, 0.15) is 31.3 Å². The maximum absolute atomic E-state index is 13.1. The molecule has 338 valence electrons. The van der Waals surface area contributed by atoms with Gasteiger partial charge < -0.3 is 28.8 Å². The molecule has 6 aromatic rings. The first-order valence-electron chi connectivity index (χ1n) is 22.6. The van der Waals surface area contributed by atoms with Crippen molar-refractivity contribution in [3.63, 3.8) is 0 Å². The van der Waals surface area contributed by atoms with Gasteiger partial charge in [-0.2, -0.15) is 0 Å². The Hall–Kier alpha value is -5.47. The Morgan fingerprint density at radius 2 is 0.766 bits per heavy atom. The molecule has 0 saturated heterocycles. The Kier molecular flexibility index (Phi) is 15.8. The fourth-order valence-corrected chi connectivity index (χ4v) is 8.16. The maximum Gasteiger partial charge on any atom is 0.310 e. The fourth-order valence-electron chi connectivity index (χ4n) is 8.16. The average Bonchev–Trinajstić information content (AvgIpc) is 3.26. The molecular weight excluding hydrogens is 797 g/mol. The van der Waals surface area contributed by atoms with Crippen LogP contribution in [0.1, 0.15) is 107 Å². The number of rotatable bonds is 19. The van der Waals surface area contributed by atoms with Crippen molar-refractivity contribution in [2.24, 2.45) is 0 Å². The van der Waals surface area contributed by atoms with Crippen LogP contribution in [0.3, 0.4) is 0 Å². The quantitative estimate of drug-likeness (QED) is 0.0493. The minimum absolute atomic E-state index is 0.0136. The predicted molar refractivity (Wildman–Crippen MR) is 259 cm³/mol. The van der Waals surface area contributed by atoms with Crippen LogP contribution >= 0.6 is 0 Å². The molecule has 7 nitrogen and oxygen atoms in total. The lowest BCUT2D eigenvalue weighted by molar-refractivity contribution is -0.144. The summed E-state index contributed by atoms with van der Waals surface area (Å²) in [7, 11) is 0. The zero-order valence-corrected chi connectivity index (χ0v) is 39.5. The van der Waals surface area contributed by atoms with Crippen molar-refractivity contribution in [1.29, 1.82) is 0 Å². The molecule has 0 fully saturated rings. The van der Waals surface area contributed by atoms with E-state index >= 15 is 0 Å². The molecule has 0 aliphatic heterocycles. The van der Waals surface area contributed by atoms with Crippen LogP contribution in [-0.2, 0) is 47.1 Å². The number of benzene rings is 6. The standard InChI is InChI=1S/C57H68O7/c1-54(2,3)42-20-26-46(27-21-42)57(47-28-22-43(23-29-47)55(4,5)6,48-30-24-44(25-31-48)56(7,8)9)45-18-16-41(17-19-45)40-53(59)64-39-36-61-35-38-63-52-15-11-12-49-50(52)13-10-14-51(49)62-37-34-60-33-32-58/h10-31,58H,32-40H2,1-9H3. The molecule has 0 heterocycles. The third kappa shape index (κ3) is 11.8. The van der Waals surface area contributed by atoms with Gasteiger partial charge in [-0.15, -0.1) is 0 Å². The molecule has 0 bridgehead atoms. The summed E-state index contributed by atoms with van der Waals surface area (Å²) in [5, 5.41) is 10.8. The number of esters is 1. The number of hydrogen-bond donors (Lipinski definition) is 1. The van der Waals surface area contributed by atoms with E-state index in [9.17, 15) is 4.79 Å². The number of aliphatic hydroxyl groups is 1. The summed E-state index contributed by atoms with van der Waals surface area (Å²) in [5.74, 6) is 1.16. The molecule has 0 aliphatic carbocycles. The second-order valence-corrected chi connectivity index (χ2v) is 19.6. The van der Waals surface area contributed by atoms with E-state index in [4.69, 9.17) is 28.8 Å². The van der Waals surface area contributed by atoms with Crippen molar-refractivity contribution >= 4 is 16.7 Å². The van der Waals surface area contributed by atoms with Crippen LogP contribution < -0.4 is 9.47 Å². The van der Waals surface area contributed by atoms with Crippen molar-refractivity contribution in [1.82, 2.24) is 0 Å². The number of hydrogen-bond acceptors (Lipinski definition) is 7. The molecule has 1 N–H and O–H groups in total. The lowest BCUT2D eigenvalue weighted by Gasteiger charge is -2.38. The molecule has 0 unspecified atom stereocenters. The molecule has 6 rings (SSSR count). The van der Waals surface area contributed by atoms with Gasteiger partial charge in [0, 0.05) is 10.8 Å². The van der Waals surface area contributed by atoms with E-state index in [0.29, 0.717) is 26.4 Å². The summed E-state index contributed by atoms with van der Waals surface area (Å²) < 4.78 is 28.7. The second-order valence-electron chi connectivity index (χ2n) is 19.6. The first-order valence-corrected chi connectivity index (χ1v) is 22.6. The number of aliphatic hydroxyl groups excluding tert-OH is 1. The zero-order valence-electron chi connectivity index (χ0n) is 39.5. The molecule has 7 heteroatoms. The lowest BCUT2D eigenvalue weighted by Crippen LogP contribution is -2.31. The molecule has 0 radical (unpaired) electrons. The topological polar surface area (TPSA) is 83.5 Å². The Balaban J connectivity index is 1.13. The van der Waals surface area contributed by atoms with E-state index in [1.165, 1.54) is 33.4 Å². The fraction of sp³-hybridized carbons (Fsp3) is 0.386. The molecule has 0 amide bonds. The summed E-state index contributed by atoms with van der Waals surface area (Å²) in [6, 6.07) is 47.6. The zero-order chi connectivity index (χ0) is 46.0. The Bertz CT molecular complexity index is 2260. The largest absolute Gasteiger partial charge is 0.491 e. The van der Waals surface area contributed by atoms with Crippen molar-refractivity contribution in [2.75, 3.05) is 52.9 Å². The first-order chi connectivity index (χ1) is 30.5. The summed E-state index contributed by atoms with van der Waals surface area (Å²) in [5.41, 5.74) is 8.79. The van der Waals surface area contributed by atoms with Crippen LogP contribution in [0.25, 0.3) is 10.8 Å². The highest BCUT2D eigenvalue weighted by molar-refractivity contribution is 5.93. The summed E-state index contributed by atoms with van der Waals surface area (Å²) in [6.07, 6.45) is 0.152. The van der Waals surface area contributed by atoms with Gasteiger partial charge in [0.25, 0.3) is 0 Å². The van der Waals surface area contributed by atoms with Crippen molar-refractivity contribution in [3.05, 3.63) is 178 Å². The second kappa shape index (κ2) is 21.0. The van der Waals surface area contributed by atoms with Crippen molar-refractivity contribution < 1.29 is 33.6 Å². The Morgan fingerprint density at radius 3 is 1.14 bits per heavy atom. The highest BCUT2D eigenvalue weighted by atomic mass is 16.6. The van der Waals surface area contributed by atoms with Gasteiger partial charge in [0.05, 0.1) is 44.9 Å². The highest BCUT2D eigenvalue weighted by Gasteiger charge is 2.39. The highest BCUT2D eigenvalue weighted by Crippen LogP contribution is 2.47. The Labute approximate surface area is 381 Å². The van der Waals surface area contributed by atoms with Crippen LogP contribution in [0.4, 0.5) is 0 Å². The third-order valence-corrected chi connectivity index (χ3v) is 11.8. The van der Waals surface area contributed by atoms with E-state index in [2.05, 4.69) is 159 Å². The first kappa shape index (κ1) is 48.0. The van der Waals surface area contributed by atoms with Crippen molar-refractivity contribution in [3.8, 4) is 11.5 Å². The summed E-state index contributed by atoms with van der Waals surface area (Å²) in [6.45, 7) is 22.4. The van der Waals surface area contributed by atoms with Gasteiger partial charge in [-0.25, -0.2) is 0 Å². The van der Waals surface area contributed by atoms with E-state index < -0.39 is 5.41 Å². The van der Waals surface area contributed by atoms with Crippen LogP contribution in [0.5, 0.6) is 11.5 Å². The van der Waals surface area contributed by atoms with Crippen LogP contribution in [0, 0.1) is 0 Å². The van der Waals surface area contributed by atoms with Gasteiger partial charge in [-0.3, -0.25) is 4.79 Å². The number of carbonyl (C=O) groups is 1. The summed E-state index contributed by atoms with van der Waals surface area (Å²) in [4.78, 5) is 13.1. The van der Waals surface area contributed by atoms with Gasteiger partial charge in [0.2, 0.25) is 0 Å². The van der Waals surface area contributed by atoms with E-state index in [0.717, 1.165) is 33.4 Å². The molecule has 0 aliphatic rings. The van der Waals surface area contributed by atoms with Gasteiger partial charge in [-0.05, 0) is 72.9 Å². The molecular formula is C57H68O7. The van der Waals surface area contributed by atoms with Gasteiger partial charge in [-0.1, -0.05) is 184 Å². The summed E-state index contributed by atoms with van der Waals surface area (Å²) >= 11 is 0. The number of ether oxygens (including phenoxy) is 5. The van der Waals surface area contributed by atoms with E-state index in [1.807, 2.05) is 36.4 Å². The predicted octanol–water partition coefficient (Wildman–Crippen LogP) is 11.7. The normalized spacial score (nSPS) is 12.3. The van der Waals surface area contributed by atoms with Crippen LogP contribution in [0.15, 0.2) is 133 Å². The molecule has 0 saturated carbocycles. The van der Waals surface area contributed by atoms with Crippen LogP contribution in [-0.4, -0.2) is 63.9 Å². The van der Waals surface area contributed by atoms with Gasteiger partial charge in [0.15, 0.2) is 0 Å². The van der Waals surface area contributed by atoms with Crippen molar-refractivity contribution in [2.45, 2.75) is 90.4 Å². The SMILES string of the molecule is CC(C)(C)c1ccc(C(c2ccc(CC(=O)OCCOCCOc3cccc4c(OCCOCCO)cccc34)cc2)(c2ccc(C(C)(C)C)cc2)c2ccc(C(C)(C)C)cc2)cc1. The monoisotopic (exact) mass is 864 g/mol. The molecule has 64 heavy (non-hydrogen) atoms. The smallest absolute Gasteiger partial charge is 0.310 e. The molecule has 0 spiro atoms. The molecule has 0 atom stereocenters. The minimum atomic E-state index is -0.634. The lowest BCUT2D eigenvalue weighted by atomic mass is 9.64. The Morgan fingerprint density at radius 1 is 0.422 bits per heavy atom. The third-order valence-electron chi connectivity index (χ3n) is 11.8. The maximum atomic E-state index is 13.1. The number of carbonyl (C=O) groups excluding carboxylic acids is 1. The average molecular weight is 865 g/mol. The van der Waals surface area contributed by atoms with Crippen LogP contribution in [0.2, 0.25) is 0 Å². The van der Waals surface area contributed by atoms with E-state index in [1.54, 1.807) is 0 Å². The molecule has 6 aromatic carbocycles. The molecule has 0 aromatic heterocycles. The minimum Gasteiger partial charge on any atom is -0.491 e. The van der Waals surface area contributed by atoms with E-state index in [-0.39, 0.29) is 55.1 Å². The number of fused-ring (bicyclic) bond motifs is 1. The van der Waals surface area contributed by atoms with Gasteiger partial charge >= 0.3 is 5.97 Å².